The van der Waals surface area contributed by atoms with Crippen LogP contribution in [0.5, 0.6) is 0 Å². The van der Waals surface area contributed by atoms with Gasteiger partial charge in [-0.3, -0.25) is 0 Å². The average molecular weight is 294 g/mol. The highest BCUT2D eigenvalue weighted by Gasteiger charge is 2.16. The molecule has 0 fully saturated rings. The summed E-state index contributed by atoms with van der Waals surface area (Å²) in [5.41, 5.74) is 5.25. The van der Waals surface area contributed by atoms with Gasteiger partial charge in [-0.25, -0.2) is 13.2 Å². The van der Waals surface area contributed by atoms with Gasteiger partial charge < -0.3 is 10.8 Å². The van der Waals surface area contributed by atoms with E-state index in [9.17, 15) is 13.2 Å². The molecule has 5 nitrogen and oxygen atoms in total. The summed E-state index contributed by atoms with van der Waals surface area (Å²) in [6.07, 6.45) is 0.997. The maximum Gasteiger partial charge on any atom is 0.337 e. The predicted octanol–water partition coefficient (Wildman–Crippen LogP) is 1.13. The Labute approximate surface area is 94.9 Å². The molecule has 0 aliphatic carbocycles. The Balaban J connectivity index is 3.57. The summed E-state index contributed by atoms with van der Waals surface area (Å²) in [5, 5.41) is 8.78. The standard InChI is InChI=1S/C8H8BrNO4S/c1-15(13,14)4-2-5(8(11)12)7(10)6(9)3-4/h2-3H,10H2,1H3,(H,11,12). The predicted molar refractivity (Wildman–Crippen MR) is 58.6 cm³/mol. The Morgan fingerprint density at radius 3 is 2.40 bits per heavy atom. The quantitative estimate of drug-likeness (QED) is 0.797. The Kier molecular flexibility index (Phi) is 3.05. The molecule has 0 amide bonds. The van der Waals surface area contributed by atoms with E-state index in [2.05, 4.69) is 15.9 Å². The summed E-state index contributed by atoms with van der Waals surface area (Å²) in [6, 6.07) is 2.31. The molecule has 0 heterocycles. The smallest absolute Gasteiger partial charge is 0.337 e. The molecule has 3 N–H and O–H groups in total. The second-order valence-electron chi connectivity index (χ2n) is 2.94. The van der Waals surface area contributed by atoms with Crippen LogP contribution in [0.3, 0.4) is 0 Å². The number of carboxylic acid groups (broad SMARTS) is 1. The van der Waals surface area contributed by atoms with Crippen LogP contribution in [-0.2, 0) is 9.84 Å². The number of rotatable bonds is 2. The first kappa shape index (κ1) is 12.0. The summed E-state index contributed by atoms with van der Waals surface area (Å²) in [4.78, 5) is 10.7. The topological polar surface area (TPSA) is 97.5 Å². The molecule has 82 valence electrons. The first-order valence-corrected chi connectivity index (χ1v) is 6.44. The summed E-state index contributed by atoms with van der Waals surface area (Å²) in [6.45, 7) is 0. The van der Waals surface area contributed by atoms with Gasteiger partial charge in [0.2, 0.25) is 0 Å². The second-order valence-corrected chi connectivity index (χ2v) is 5.81. The average Bonchev–Trinajstić information content (AvgIpc) is 2.06. The summed E-state index contributed by atoms with van der Waals surface area (Å²) in [7, 11) is -3.45. The molecule has 0 saturated heterocycles. The zero-order valence-electron chi connectivity index (χ0n) is 7.69. The first-order chi connectivity index (χ1) is 6.73. The van der Waals surface area contributed by atoms with E-state index in [0.717, 1.165) is 12.3 Å². The fourth-order valence-corrected chi connectivity index (χ4v) is 2.26. The maximum absolute atomic E-state index is 11.2. The number of benzene rings is 1. The van der Waals surface area contributed by atoms with Crippen LogP contribution in [0.4, 0.5) is 5.69 Å². The van der Waals surface area contributed by atoms with Crippen LogP contribution in [0.1, 0.15) is 10.4 Å². The monoisotopic (exact) mass is 293 g/mol. The summed E-state index contributed by atoms with van der Waals surface area (Å²) < 4.78 is 22.7. The van der Waals surface area contributed by atoms with Gasteiger partial charge in [-0.1, -0.05) is 0 Å². The van der Waals surface area contributed by atoms with Crippen molar-refractivity contribution in [3.63, 3.8) is 0 Å². The van der Waals surface area contributed by atoms with E-state index in [-0.39, 0.29) is 20.6 Å². The molecule has 0 aliphatic heterocycles. The number of nitrogen functional groups attached to an aromatic ring is 1. The highest BCUT2D eigenvalue weighted by Crippen LogP contribution is 2.27. The van der Waals surface area contributed by atoms with Crippen molar-refractivity contribution in [1.29, 1.82) is 0 Å². The highest BCUT2D eigenvalue weighted by atomic mass is 79.9. The van der Waals surface area contributed by atoms with E-state index in [4.69, 9.17) is 10.8 Å². The van der Waals surface area contributed by atoms with E-state index >= 15 is 0 Å². The third kappa shape index (κ3) is 2.48. The number of nitrogens with two attached hydrogens (primary N) is 1. The van der Waals surface area contributed by atoms with E-state index in [1.165, 1.54) is 6.07 Å². The van der Waals surface area contributed by atoms with Crippen LogP contribution in [0.2, 0.25) is 0 Å². The lowest BCUT2D eigenvalue weighted by Crippen LogP contribution is -2.06. The zero-order valence-corrected chi connectivity index (χ0v) is 10.1. The molecule has 0 unspecified atom stereocenters. The van der Waals surface area contributed by atoms with E-state index in [0.29, 0.717) is 0 Å². The number of sulfone groups is 1. The Bertz CT molecular complexity index is 524. The number of hydrogen-bond donors (Lipinski definition) is 2. The summed E-state index contributed by atoms with van der Waals surface area (Å²) in [5.74, 6) is -1.27. The molecule has 0 atom stereocenters. The summed E-state index contributed by atoms with van der Waals surface area (Å²) >= 11 is 3.00. The highest BCUT2D eigenvalue weighted by molar-refractivity contribution is 9.10. The van der Waals surface area contributed by atoms with Gasteiger partial charge in [0.25, 0.3) is 0 Å². The lowest BCUT2D eigenvalue weighted by Gasteiger charge is -2.06. The number of aromatic carboxylic acids is 1. The van der Waals surface area contributed by atoms with Crippen molar-refractivity contribution in [3.8, 4) is 0 Å². The largest absolute Gasteiger partial charge is 0.478 e. The van der Waals surface area contributed by atoms with E-state index < -0.39 is 15.8 Å². The fourth-order valence-electron chi connectivity index (χ4n) is 0.984. The van der Waals surface area contributed by atoms with Crippen LogP contribution in [-0.4, -0.2) is 25.7 Å². The third-order valence-corrected chi connectivity index (χ3v) is 3.51. The minimum Gasteiger partial charge on any atom is -0.478 e. The molecule has 15 heavy (non-hydrogen) atoms. The molecular weight excluding hydrogens is 286 g/mol. The van der Waals surface area contributed by atoms with Gasteiger partial charge in [0.05, 0.1) is 16.1 Å². The minimum absolute atomic E-state index is 0.00917. The van der Waals surface area contributed by atoms with Crippen molar-refractivity contribution in [2.45, 2.75) is 4.90 Å². The molecule has 0 spiro atoms. The van der Waals surface area contributed by atoms with Gasteiger partial charge in [0.15, 0.2) is 9.84 Å². The maximum atomic E-state index is 11.2. The number of carboxylic acids is 1. The molecular formula is C8H8BrNO4S. The van der Waals surface area contributed by atoms with Crippen molar-refractivity contribution in [2.75, 3.05) is 12.0 Å². The van der Waals surface area contributed by atoms with Crippen molar-refractivity contribution >= 4 is 37.4 Å². The van der Waals surface area contributed by atoms with Gasteiger partial charge in [-0.05, 0) is 28.1 Å². The lowest BCUT2D eigenvalue weighted by molar-refractivity contribution is 0.0697. The minimum atomic E-state index is -3.45. The van der Waals surface area contributed by atoms with Crippen LogP contribution in [0.25, 0.3) is 0 Å². The van der Waals surface area contributed by atoms with Gasteiger partial charge in [0, 0.05) is 10.7 Å². The number of halogens is 1. The molecule has 0 aliphatic rings. The van der Waals surface area contributed by atoms with Crippen molar-refractivity contribution in [2.24, 2.45) is 0 Å². The number of carbonyl (C=O) groups is 1. The zero-order chi connectivity index (χ0) is 11.8. The van der Waals surface area contributed by atoms with Crippen LogP contribution < -0.4 is 5.73 Å². The lowest BCUT2D eigenvalue weighted by atomic mass is 10.2. The molecule has 7 heteroatoms. The van der Waals surface area contributed by atoms with Gasteiger partial charge in [-0.2, -0.15) is 0 Å². The number of hydrogen-bond acceptors (Lipinski definition) is 4. The Morgan fingerprint density at radius 1 is 1.47 bits per heavy atom. The van der Waals surface area contributed by atoms with Crippen LogP contribution in [0.15, 0.2) is 21.5 Å². The Hall–Kier alpha value is -1.08. The van der Waals surface area contributed by atoms with Crippen molar-refractivity contribution in [3.05, 3.63) is 22.2 Å². The van der Waals surface area contributed by atoms with Gasteiger partial charge in [-0.15, -0.1) is 0 Å². The van der Waals surface area contributed by atoms with E-state index in [1.807, 2.05) is 0 Å². The SMILES string of the molecule is CS(=O)(=O)c1cc(Br)c(N)c(C(=O)O)c1. The molecule has 1 rings (SSSR count). The van der Waals surface area contributed by atoms with E-state index in [1.54, 1.807) is 0 Å². The molecule has 1 aromatic carbocycles. The Morgan fingerprint density at radius 2 is 2.00 bits per heavy atom. The van der Waals surface area contributed by atoms with Crippen molar-refractivity contribution < 1.29 is 18.3 Å². The van der Waals surface area contributed by atoms with Crippen LogP contribution >= 0.6 is 15.9 Å². The van der Waals surface area contributed by atoms with Gasteiger partial charge >= 0.3 is 5.97 Å². The van der Waals surface area contributed by atoms with Crippen LogP contribution in [0, 0.1) is 0 Å². The fraction of sp³-hybridized carbons (Fsp3) is 0.125. The molecule has 0 aromatic heterocycles. The van der Waals surface area contributed by atoms with Crippen molar-refractivity contribution in [1.82, 2.24) is 0 Å². The molecule has 0 radical (unpaired) electrons. The second kappa shape index (κ2) is 3.82. The molecule has 1 aromatic rings. The normalized spacial score (nSPS) is 11.3. The van der Waals surface area contributed by atoms with Gasteiger partial charge in [0.1, 0.15) is 0 Å². The third-order valence-electron chi connectivity index (χ3n) is 1.76. The first-order valence-electron chi connectivity index (χ1n) is 3.76. The number of anilines is 1. The molecule has 0 saturated carbocycles. The molecule has 0 bridgehead atoms.